The van der Waals surface area contributed by atoms with Gasteiger partial charge in [0.05, 0.1) is 11.6 Å². The van der Waals surface area contributed by atoms with Crippen molar-refractivity contribution in [2.45, 2.75) is 77.4 Å². The molecule has 0 saturated heterocycles. The fourth-order valence-electron chi connectivity index (χ4n) is 3.84. The van der Waals surface area contributed by atoms with Gasteiger partial charge in [-0.3, -0.25) is 9.48 Å². The van der Waals surface area contributed by atoms with Crippen LogP contribution in [0.25, 0.3) is 11.2 Å². The lowest BCUT2D eigenvalue weighted by Crippen LogP contribution is -2.41. The molecule has 11 heteroatoms. The molecule has 3 atom stereocenters. The molecule has 3 aromatic rings. The van der Waals surface area contributed by atoms with Crippen molar-refractivity contribution in [1.29, 1.82) is 0 Å². The Labute approximate surface area is 195 Å². The SMILES string of the molecule is CC(C)n1nccc1C(=O)N[C@H](c1nc2nc(CC3CC3)ccc2[nH]1)[C@@H](C)OC(C)C(F)(F)F. The number of alkyl halides is 3. The van der Waals surface area contributed by atoms with Crippen LogP contribution in [0.1, 0.15) is 74.6 Å². The van der Waals surface area contributed by atoms with Gasteiger partial charge in [0.1, 0.15) is 17.6 Å². The summed E-state index contributed by atoms with van der Waals surface area (Å²) in [7, 11) is 0. The topological polar surface area (TPSA) is 97.7 Å². The van der Waals surface area contributed by atoms with Crippen molar-refractivity contribution in [3.05, 3.63) is 41.6 Å². The highest BCUT2D eigenvalue weighted by Gasteiger charge is 2.40. The average molecular weight is 479 g/mol. The van der Waals surface area contributed by atoms with Crippen LogP contribution in [0.15, 0.2) is 24.4 Å². The second kappa shape index (κ2) is 9.36. The lowest BCUT2D eigenvalue weighted by atomic mass is 10.1. The maximum atomic E-state index is 13.2. The van der Waals surface area contributed by atoms with Crippen molar-refractivity contribution < 1.29 is 22.7 Å². The van der Waals surface area contributed by atoms with Gasteiger partial charge in [0.2, 0.25) is 0 Å². The van der Waals surface area contributed by atoms with Gasteiger partial charge >= 0.3 is 6.18 Å². The van der Waals surface area contributed by atoms with Gasteiger partial charge in [0, 0.05) is 17.9 Å². The third-order valence-electron chi connectivity index (χ3n) is 5.94. The Bertz CT molecular complexity index is 1150. The molecule has 1 aliphatic carbocycles. The van der Waals surface area contributed by atoms with E-state index in [1.165, 1.54) is 26.0 Å². The maximum absolute atomic E-state index is 13.2. The van der Waals surface area contributed by atoms with Crippen LogP contribution in [0, 0.1) is 5.92 Å². The summed E-state index contributed by atoms with van der Waals surface area (Å²) in [4.78, 5) is 25.3. The number of pyridine rings is 1. The van der Waals surface area contributed by atoms with Gasteiger partial charge in [-0.1, -0.05) is 0 Å². The van der Waals surface area contributed by atoms with E-state index in [0.29, 0.717) is 17.1 Å². The molecular formula is C23H29F3N6O2. The summed E-state index contributed by atoms with van der Waals surface area (Å²) in [6.07, 6.45) is -2.83. The van der Waals surface area contributed by atoms with Crippen molar-refractivity contribution in [3.8, 4) is 0 Å². The number of rotatable bonds is 9. The highest BCUT2D eigenvalue weighted by molar-refractivity contribution is 5.92. The van der Waals surface area contributed by atoms with Crippen molar-refractivity contribution in [2.75, 3.05) is 0 Å². The van der Waals surface area contributed by atoms with Crippen LogP contribution in [0.4, 0.5) is 13.2 Å². The van der Waals surface area contributed by atoms with Crippen LogP contribution in [0.2, 0.25) is 0 Å². The first-order chi connectivity index (χ1) is 16.0. The molecule has 8 nitrogen and oxygen atoms in total. The largest absolute Gasteiger partial charge is 0.414 e. The summed E-state index contributed by atoms with van der Waals surface area (Å²) < 4.78 is 46.3. The summed E-state index contributed by atoms with van der Waals surface area (Å²) in [6, 6.07) is 4.28. The van der Waals surface area contributed by atoms with Crippen molar-refractivity contribution >= 4 is 17.1 Å². The molecule has 1 unspecified atom stereocenters. The molecule has 0 aliphatic heterocycles. The number of nitrogens with one attached hydrogen (secondary N) is 2. The van der Waals surface area contributed by atoms with Crippen LogP contribution < -0.4 is 5.32 Å². The number of imidazole rings is 1. The summed E-state index contributed by atoms with van der Waals surface area (Å²) >= 11 is 0. The Kier molecular flexibility index (Phi) is 6.66. The number of ether oxygens (including phenoxy) is 1. The van der Waals surface area contributed by atoms with Crippen molar-refractivity contribution in [2.24, 2.45) is 5.92 Å². The molecule has 1 saturated carbocycles. The van der Waals surface area contributed by atoms with E-state index < -0.39 is 30.3 Å². The maximum Gasteiger partial charge on any atom is 0.414 e. The molecule has 1 fully saturated rings. The zero-order valence-electron chi connectivity index (χ0n) is 19.6. The molecule has 0 aromatic carbocycles. The van der Waals surface area contributed by atoms with Crippen LogP contribution in [0.5, 0.6) is 0 Å². The number of carbonyl (C=O) groups is 1. The lowest BCUT2D eigenvalue weighted by molar-refractivity contribution is -0.227. The first-order valence-corrected chi connectivity index (χ1v) is 11.4. The van der Waals surface area contributed by atoms with Gasteiger partial charge < -0.3 is 15.0 Å². The zero-order chi connectivity index (χ0) is 24.6. The standard InChI is InChI=1S/C23H29F3N6O2/c1-12(2)32-18(9-10-27-32)22(33)30-19(13(3)34-14(4)23(24,25)26)21-29-17-8-7-16(11-15-5-6-15)28-20(17)31-21/h7-10,12-15,19H,5-6,11H2,1-4H3,(H,30,33)(H,28,29,31)/t13-,14?,19+/m1/s1. The van der Waals surface area contributed by atoms with Crippen LogP contribution in [-0.4, -0.2) is 49.0 Å². The number of halogens is 3. The Hall–Kier alpha value is -2.95. The van der Waals surface area contributed by atoms with E-state index in [1.54, 1.807) is 10.7 Å². The van der Waals surface area contributed by atoms with Gasteiger partial charge in [-0.25, -0.2) is 9.97 Å². The fourth-order valence-corrected chi connectivity index (χ4v) is 3.84. The van der Waals surface area contributed by atoms with E-state index in [2.05, 4.69) is 25.4 Å². The smallest absolute Gasteiger partial charge is 0.364 e. The Balaban J connectivity index is 1.63. The molecule has 2 N–H and O–H groups in total. The molecule has 1 aliphatic rings. The lowest BCUT2D eigenvalue weighted by Gasteiger charge is -2.27. The Morgan fingerprint density at radius 1 is 1.21 bits per heavy atom. The van der Waals surface area contributed by atoms with E-state index in [1.807, 2.05) is 26.0 Å². The molecule has 4 rings (SSSR count). The minimum absolute atomic E-state index is 0.0755. The van der Waals surface area contributed by atoms with Gasteiger partial charge in [0.15, 0.2) is 11.8 Å². The van der Waals surface area contributed by atoms with Gasteiger partial charge in [-0.2, -0.15) is 18.3 Å². The first-order valence-electron chi connectivity index (χ1n) is 11.4. The van der Waals surface area contributed by atoms with Gasteiger partial charge in [-0.05, 0) is 71.1 Å². The number of amides is 1. The number of carbonyl (C=O) groups excluding carboxylic acids is 1. The third kappa shape index (κ3) is 5.40. The molecule has 3 heterocycles. The van der Waals surface area contributed by atoms with Crippen molar-refractivity contribution in [1.82, 2.24) is 30.0 Å². The molecule has 1 amide bonds. The van der Waals surface area contributed by atoms with Crippen molar-refractivity contribution in [3.63, 3.8) is 0 Å². The van der Waals surface area contributed by atoms with Crippen LogP contribution in [-0.2, 0) is 11.2 Å². The van der Waals surface area contributed by atoms with Crippen LogP contribution in [0.3, 0.4) is 0 Å². The normalized spacial score (nSPS) is 17.2. The number of H-pyrrole nitrogens is 1. The third-order valence-corrected chi connectivity index (χ3v) is 5.94. The highest BCUT2D eigenvalue weighted by Crippen LogP contribution is 2.32. The second-order valence-electron chi connectivity index (χ2n) is 9.17. The number of hydrogen-bond acceptors (Lipinski definition) is 5. The number of nitrogens with zero attached hydrogens (tertiary/aromatic N) is 4. The molecule has 184 valence electrons. The second-order valence-corrected chi connectivity index (χ2v) is 9.17. The van der Waals surface area contributed by atoms with Gasteiger partial charge in [0.25, 0.3) is 5.91 Å². The molecule has 0 spiro atoms. The minimum atomic E-state index is -4.54. The van der Waals surface area contributed by atoms with E-state index in [0.717, 1.165) is 19.0 Å². The summed E-state index contributed by atoms with van der Waals surface area (Å²) in [5.41, 5.74) is 2.30. The zero-order valence-corrected chi connectivity index (χ0v) is 19.6. The molecule has 0 bridgehead atoms. The molecule has 3 aromatic heterocycles. The Morgan fingerprint density at radius 3 is 2.59 bits per heavy atom. The summed E-state index contributed by atoms with van der Waals surface area (Å²) in [5.74, 6) is 0.435. The minimum Gasteiger partial charge on any atom is -0.364 e. The number of fused-ring (bicyclic) bond motifs is 1. The highest BCUT2D eigenvalue weighted by atomic mass is 19.4. The predicted octanol–water partition coefficient (Wildman–Crippen LogP) is 4.51. The van der Waals surface area contributed by atoms with Crippen LogP contribution >= 0.6 is 0 Å². The predicted molar refractivity (Wildman–Crippen MR) is 119 cm³/mol. The van der Waals surface area contributed by atoms with E-state index in [9.17, 15) is 18.0 Å². The van der Waals surface area contributed by atoms with E-state index >= 15 is 0 Å². The Morgan fingerprint density at radius 2 is 1.94 bits per heavy atom. The molecule has 34 heavy (non-hydrogen) atoms. The number of hydrogen-bond donors (Lipinski definition) is 2. The monoisotopic (exact) mass is 478 g/mol. The quantitative estimate of drug-likeness (QED) is 0.472. The van der Waals surface area contributed by atoms with E-state index in [-0.39, 0.29) is 17.6 Å². The van der Waals surface area contributed by atoms with E-state index in [4.69, 9.17) is 4.74 Å². The summed E-state index contributed by atoms with van der Waals surface area (Å²) in [5, 5.41) is 6.95. The first kappa shape index (κ1) is 24.2. The number of aromatic nitrogens is 5. The number of aromatic amines is 1. The molecular weight excluding hydrogens is 449 g/mol. The summed E-state index contributed by atoms with van der Waals surface area (Å²) in [6.45, 7) is 6.17. The van der Waals surface area contributed by atoms with Gasteiger partial charge in [-0.15, -0.1) is 0 Å². The molecule has 0 radical (unpaired) electrons. The fraction of sp³-hybridized carbons (Fsp3) is 0.565. The average Bonchev–Trinajstić information content (AvgIpc) is 3.26.